The average Bonchev–Trinajstić information content (AvgIpc) is 2.04. The van der Waals surface area contributed by atoms with Crippen LogP contribution < -0.4 is 9.68 Å². The zero-order chi connectivity index (χ0) is 8.27. The van der Waals surface area contributed by atoms with Gasteiger partial charge in [0.05, 0.1) is 7.11 Å². The van der Waals surface area contributed by atoms with Gasteiger partial charge >= 0.3 is 0 Å². The second kappa shape index (κ2) is 3.23. The highest BCUT2D eigenvalue weighted by Gasteiger charge is 2.00. The molecule has 0 amide bonds. The van der Waals surface area contributed by atoms with Crippen molar-refractivity contribution in [1.82, 2.24) is 0 Å². The van der Waals surface area contributed by atoms with E-state index < -0.39 is 0 Å². The van der Waals surface area contributed by atoms with E-state index in [0.29, 0.717) is 11.3 Å². The molecule has 0 N–H and O–H groups in total. The Hall–Kier alpha value is -1.25. The summed E-state index contributed by atoms with van der Waals surface area (Å²) in [6.07, 6.45) is 0. The van der Waals surface area contributed by atoms with Crippen LogP contribution in [0.5, 0.6) is 11.5 Å². The van der Waals surface area contributed by atoms with Gasteiger partial charge in [-0.15, -0.1) is 0 Å². The number of halogens is 1. The second-order valence-electron chi connectivity index (χ2n) is 2.21. The third-order valence-corrected chi connectivity index (χ3v) is 1.47. The Balaban J connectivity index is 2.99. The van der Waals surface area contributed by atoms with Crippen molar-refractivity contribution in [3.63, 3.8) is 0 Å². The molecule has 0 saturated carbocycles. The third kappa shape index (κ3) is 1.61. The van der Waals surface area contributed by atoms with E-state index in [0.717, 1.165) is 0 Å². The maximum absolute atomic E-state index is 11.7. The Morgan fingerprint density at radius 3 is 2.55 bits per heavy atom. The van der Waals surface area contributed by atoms with Crippen LogP contribution in [0.1, 0.15) is 5.56 Å². The molecular weight excluding hydrogens is 147 g/mol. The van der Waals surface area contributed by atoms with E-state index in [-0.39, 0.29) is 5.75 Å². The number of rotatable bonds is 2. The van der Waals surface area contributed by atoms with Gasteiger partial charge in [0.2, 0.25) is 0 Å². The van der Waals surface area contributed by atoms with E-state index >= 15 is 0 Å². The lowest BCUT2D eigenvalue weighted by atomic mass is 10.2. The van der Waals surface area contributed by atoms with Crippen molar-refractivity contribution >= 4 is 0 Å². The highest BCUT2D eigenvalue weighted by Crippen LogP contribution is 2.22. The zero-order valence-corrected chi connectivity index (χ0v) is 6.43. The van der Waals surface area contributed by atoms with Crippen molar-refractivity contribution in [3.05, 3.63) is 23.8 Å². The molecule has 2 nitrogen and oxygen atoms in total. The van der Waals surface area contributed by atoms with Crippen LogP contribution >= 0.6 is 0 Å². The molecule has 0 atom stereocenters. The molecule has 0 heterocycles. The fourth-order valence-electron chi connectivity index (χ4n) is 0.835. The number of methoxy groups -OCH3 is 1. The SMILES string of the molecule is COc1ccc(OF)c(C)c1. The number of hydrogen-bond acceptors (Lipinski definition) is 2. The second-order valence-corrected chi connectivity index (χ2v) is 2.21. The third-order valence-electron chi connectivity index (χ3n) is 1.47. The van der Waals surface area contributed by atoms with Crippen molar-refractivity contribution < 1.29 is 14.2 Å². The average molecular weight is 156 g/mol. The molecule has 0 fully saturated rings. The summed E-state index contributed by atoms with van der Waals surface area (Å²) in [5.41, 5.74) is 0.715. The van der Waals surface area contributed by atoms with Gasteiger partial charge in [0.1, 0.15) is 5.75 Å². The molecule has 1 aromatic carbocycles. The molecule has 3 heteroatoms. The van der Waals surface area contributed by atoms with Crippen LogP contribution in [0.4, 0.5) is 4.53 Å². The van der Waals surface area contributed by atoms with Gasteiger partial charge in [0, 0.05) is 4.53 Å². The van der Waals surface area contributed by atoms with Crippen LogP contribution in [0.15, 0.2) is 18.2 Å². The number of hydrogen-bond donors (Lipinski definition) is 0. The molecule has 1 rings (SSSR count). The van der Waals surface area contributed by atoms with Crippen LogP contribution in [-0.4, -0.2) is 7.11 Å². The van der Waals surface area contributed by atoms with E-state index in [2.05, 4.69) is 4.94 Å². The zero-order valence-electron chi connectivity index (χ0n) is 6.43. The molecule has 0 radical (unpaired) electrons. The highest BCUT2D eigenvalue weighted by molar-refractivity contribution is 5.38. The molecule has 0 aliphatic rings. The van der Waals surface area contributed by atoms with Crippen molar-refractivity contribution in [2.45, 2.75) is 6.92 Å². The maximum Gasteiger partial charge on any atom is 0.175 e. The minimum Gasteiger partial charge on any atom is -0.497 e. The number of ether oxygens (including phenoxy) is 1. The minimum absolute atomic E-state index is 0.228. The first-order valence-corrected chi connectivity index (χ1v) is 3.21. The maximum atomic E-state index is 11.7. The van der Waals surface area contributed by atoms with Crippen LogP contribution in [0.2, 0.25) is 0 Å². The van der Waals surface area contributed by atoms with Gasteiger partial charge < -0.3 is 4.74 Å². The fraction of sp³-hybridized carbons (Fsp3) is 0.250. The first-order chi connectivity index (χ1) is 5.27. The molecule has 0 bridgehead atoms. The highest BCUT2D eigenvalue weighted by atomic mass is 19.3. The van der Waals surface area contributed by atoms with Crippen molar-refractivity contribution in [2.24, 2.45) is 0 Å². The standard InChI is InChI=1S/C8H9FO2/c1-6-5-7(10-2)3-4-8(6)11-9/h3-5H,1-2H3. The predicted molar refractivity (Wildman–Crippen MR) is 39.5 cm³/mol. The Bertz CT molecular complexity index is 248. The molecule has 0 saturated heterocycles. The van der Waals surface area contributed by atoms with E-state index in [4.69, 9.17) is 4.74 Å². The van der Waals surface area contributed by atoms with Crippen molar-refractivity contribution in [2.75, 3.05) is 7.11 Å². The van der Waals surface area contributed by atoms with Crippen LogP contribution in [0.25, 0.3) is 0 Å². The van der Waals surface area contributed by atoms with Gasteiger partial charge in [-0.1, -0.05) is 0 Å². The first kappa shape index (κ1) is 7.85. The Morgan fingerprint density at radius 1 is 1.36 bits per heavy atom. The summed E-state index contributed by atoms with van der Waals surface area (Å²) in [7, 11) is 1.56. The largest absolute Gasteiger partial charge is 0.497 e. The number of aryl methyl sites for hydroxylation is 1. The molecule has 0 spiro atoms. The molecular formula is C8H9FO2. The number of benzene rings is 1. The lowest BCUT2D eigenvalue weighted by molar-refractivity contribution is -0.00705. The van der Waals surface area contributed by atoms with Crippen molar-refractivity contribution in [1.29, 1.82) is 0 Å². The molecule has 11 heavy (non-hydrogen) atoms. The molecule has 0 aromatic heterocycles. The van der Waals surface area contributed by atoms with Gasteiger partial charge in [-0.25, -0.2) is 0 Å². The van der Waals surface area contributed by atoms with Crippen molar-refractivity contribution in [3.8, 4) is 11.5 Å². The molecule has 0 aliphatic carbocycles. The topological polar surface area (TPSA) is 18.5 Å². The summed E-state index contributed by atoms with van der Waals surface area (Å²) >= 11 is 0. The van der Waals surface area contributed by atoms with Gasteiger partial charge in [0.25, 0.3) is 0 Å². The monoisotopic (exact) mass is 156 g/mol. The van der Waals surface area contributed by atoms with Crippen LogP contribution in [-0.2, 0) is 0 Å². The van der Waals surface area contributed by atoms with E-state index in [9.17, 15) is 4.53 Å². The van der Waals surface area contributed by atoms with Gasteiger partial charge in [-0.2, -0.15) is 0 Å². The summed E-state index contributed by atoms with van der Waals surface area (Å²) in [5.74, 6) is 0.925. The van der Waals surface area contributed by atoms with E-state index in [1.807, 2.05) is 0 Å². The Morgan fingerprint density at radius 2 is 2.09 bits per heavy atom. The fourth-order valence-corrected chi connectivity index (χ4v) is 0.835. The predicted octanol–water partition coefficient (Wildman–Crippen LogP) is 2.27. The normalized spacial score (nSPS) is 9.36. The smallest absolute Gasteiger partial charge is 0.175 e. The molecule has 1 aromatic rings. The van der Waals surface area contributed by atoms with E-state index in [1.54, 1.807) is 26.2 Å². The molecule has 60 valence electrons. The Kier molecular flexibility index (Phi) is 2.31. The van der Waals surface area contributed by atoms with Crippen LogP contribution in [0.3, 0.4) is 0 Å². The summed E-state index contributed by atoms with van der Waals surface area (Å²) in [5, 5.41) is 0. The summed E-state index contributed by atoms with van der Waals surface area (Å²) in [6, 6.07) is 4.87. The van der Waals surface area contributed by atoms with Gasteiger partial charge in [-0.05, 0) is 30.7 Å². The minimum atomic E-state index is 0.228. The summed E-state index contributed by atoms with van der Waals surface area (Å²) < 4.78 is 16.6. The summed E-state index contributed by atoms with van der Waals surface area (Å²) in [4.78, 5) is 3.59. The quantitative estimate of drug-likeness (QED) is 0.653. The van der Waals surface area contributed by atoms with Gasteiger partial charge in [0.15, 0.2) is 5.75 Å². The molecule has 0 aliphatic heterocycles. The molecule has 0 unspecified atom stereocenters. The summed E-state index contributed by atoms with van der Waals surface area (Å²) in [6.45, 7) is 1.75. The van der Waals surface area contributed by atoms with Crippen LogP contribution in [0, 0.1) is 6.92 Å². The van der Waals surface area contributed by atoms with Gasteiger partial charge in [-0.3, -0.25) is 4.94 Å². The lowest BCUT2D eigenvalue weighted by Crippen LogP contribution is -1.86. The first-order valence-electron chi connectivity index (χ1n) is 3.21. The lowest BCUT2D eigenvalue weighted by Gasteiger charge is -2.02. The Labute approximate surface area is 64.5 Å². The van der Waals surface area contributed by atoms with E-state index in [1.165, 1.54) is 6.07 Å².